The fraction of sp³-hybridized carbons (Fsp3) is 0.412. The van der Waals surface area contributed by atoms with Crippen LogP contribution < -0.4 is 0 Å². The second-order valence-corrected chi connectivity index (χ2v) is 6.19. The van der Waals surface area contributed by atoms with Crippen LogP contribution in [0, 0.1) is 5.92 Å². The van der Waals surface area contributed by atoms with Gasteiger partial charge in [-0.05, 0) is 37.0 Å². The summed E-state index contributed by atoms with van der Waals surface area (Å²) >= 11 is 0. The lowest BCUT2D eigenvalue weighted by molar-refractivity contribution is -0.137. The number of carbonyl (C=O) groups is 1. The van der Waals surface area contributed by atoms with Gasteiger partial charge in [0.05, 0.1) is 5.56 Å². The molecule has 1 saturated heterocycles. The maximum atomic E-state index is 12.8. The summed E-state index contributed by atoms with van der Waals surface area (Å²) < 4.78 is 39.9. The van der Waals surface area contributed by atoms with Crippen molar-refractivity contribution in [2.75, 3.05) is 13.1 Å². The fourth-order valence-electron chi connectivity index (χ4n) is 2.79. The summed E-state index contributed by atoms with van der Waals surface area (Å²) in [5, 5.41) is 0. The van der Waals surface area contributed by atoms with E-state index < -0.39 is 11.7 Å². The maximum Gasteiger partial charge on any atom is 0.416 e. The third kappa shape index (κ3) is 3.44. The molecule has 0 saturated carbocycles. The topological polar surface area (TPSA) is 38.1 Å². The van der Waals surface area contributed by atoms with E-state index >= 15 is 0 Å². The highest BCUT2D eigenvalue weighted by Crippen LogP contribution is 2.30. The van der Waals surface area contributed by atoms with Gasteiger partial charge in [0.25, 0.3) is 5.91 Å². The minimum Gasteiger partial charge on any atom is -0.337 e. The van der Waals surface area contributed by atoms with E-state index in [0.717, 1.165) is 25.0 Å². The lowest BCUT2D eigenvalue weighted by Crippen LogP contribution is -2.38. The van der Waals surface area contributed by atoms with Crippen LogP contribution in [0.2, 0.25) is 0 Å². The lowest BCUT2D eigenvalue weighted by Gasteiger charge is -2.29. The van der Waals surface area contributed by atoms with Gasteiger partial charge >= 0.3 is 6.18 Å². The highest BCUT2D eigenvalue weighted by molar-refractivity contribution is 5.92. The second-order valence-electron chi connectivity index (χ2n) is 6.19. The third-order valence-corrected chi connectivity index (χ3v) is 4.34. The molecule has 0 bridgehead atoms. The Labute approximate surface area is 137 Å². The zero-order chi connectivity index (χ0) is 17.3. The Morgan fingerprint density at radius 2 is 1.96 bits per heavy atom. The number of piperidine rings is 1. The van der Waals surface area contributed by atoms with Crippen molar-refractivity contribution in [3.05, 3.63) is 48.0 Å². The SMILES string of the molecule is CC1CCN(C(=O)c2cn(-c3cccc(C(F)(F)F)c3)cn2)CC1. The van der Waals surface area contributed by atoms with Gasteiger partial charge in [0, 0.05) is 25.0 Å². The molecule has 3 rings (SSSR count). The minimum absolute atomic E-state index is 0.173. The molecule has 0 N–H and O–H groups in total. The Bertz CT molecular complexity index is 731. The molecule has 1 amide bonds. The number of benzene rings is 1. The van der Waals surface area contributed by atoms with Crippen LogP contribution in [0.3, 0.4) is 0 Å². The summed E-state index contributed by atoms with van der Waals surface area (Å²) in [4.78, 5) is 18.3. The number of hydrogen-bond acceptors (Lipinski definition) is 2. The predicted octanol–water partition coefficient (Wildman–Crippen LogP) is 3.76. The van der Waals surface area contributed by atoms with Gasteiger partial charge in [-0.25, -0.2) is 4.98 Å². The van der Waals surface area contributed by atoms with E-state index in [9.17, 15) is 18.0 Å². The molecule has 0 spiro atoms. The molecule has 0 atom stereocenters. The molecule has 0 unspecified atom stereocenters. The van der Waals surface area contributed by atoms with Crippen molar-refractivity contribution in [2.24, 2.45) is 5.92 Å². The molecule has 24 heavy (non-hydrogen) atoms. The number of aromatic nitrogens is 2. The molecule has 1 aromatic heterocycles. The van der Waals surface area contributed by atoms with Crippen LogP contribution in [-0.2, 0) is 6.18 Å². The highest BCUT2D eigenvalue weighted by Gasteiger charge is 2.30. The monoisotopic (exact) mass is 337 g/mol. The maximum absolute atomic E-state index is 12.8. The molecule has 4 nitrogen and oxygen atoms in total. The van der Waals surface area contributed by atoms with Crippen LogP contribution in [0.25, 0.3) is 5.69 Å². The molecule has 1 aliphatic heterocycles. The van der Waals surface area contributed by atoms with Gasteiger partial charge in [-0.2, -0.15) is 13.2 Å². The normalized spacial score (nSPS) is 16.4. The smallest absolute Gasteiger partial charge is 0.337 e. The standard InChI is InChI=1S/C17H18F3N3O/c1-12-5-7-22(8-6-12)16(24)15-10-23(11-21-15)14-4-2-3-13(9-14)17(18,19)20/h2-4,9-12H,5-8H2,1H3. The van der Waals surface area contributed by atoms with Crippen molar-refractivity contribution < 1.29 is 18.0 Å². The minimum atomic E-state index is -4.40. The van der Waals surface area contributed by atoms with E-state index in [1.54, 1.807) is 11.0 Å². The fourth-order valence-corrected chi connectivity index (χ4v) is 2.79. The van der Waals surface area contributed by atoms with Gasteiger partial charge in [-0.15, -0.1) is 0 Å². The lowest BCUT2D eigenvalue weighted by atomic mass is 9.99. The number of amides is 1. The molecule has 1 aliphatic rings. The van der Waals surface area contributed by atoms with Crippen LogP contribution in [0.4, 0.5) is 13.2 Å². The van der Waals surface area contributed by atoms with Gasteiger partial charge in [-0.1, -0.05) is 13.0 Å². The summed E-state index contributed by atoms with van der Waals surface area (Å²) in [5.74, 6) is 0.435. The Balaban J connectivity index is 1.79. The second kappa shape index (κ2) is 6.30. The zero-order valence-corrected chi connectivity index (χ0v) is 13.3. The van der Waals surface area contributed by atoms with Crippen molar-refractivity contribution in [3.63, 3.8) is 0 Å². The first-order valence-electron chi connectivity index (χ1n) is 7.85. The van der Waals surface area contributed by atoms with E-state index in [0.29, 0.717) is 24.7 Å². The van der Waals surface area contributed by atoms with Crippen molar-refractivity contribution in [1.82, 2.24) is 14.5 Å². The molecule has 7 heteroatoms. The van der Waals surface area contributed by atoms with Gasteiger partial charge in [0.1, 0.15) is 12.0 Å². The first-order chi connectivity index (χ1) is 11.3. The van der Waals surface area contributed by atoms with Gasteiger partial charge in [0.2, 0.25) is 0 Å². The van der Waals surface area contributed by atoms with E-state index in [2.05, 4.69) is 11.9 Å². The molecular weight excluding hydrogens is 319 g/mol. The van der Waals surface area contributed by atoms with Crippen molar-refractivity contribution in [2.45, 2.75) is 25.9 Å². The third-order valence-electron chi connectivity index (χ3n) is 4.34. The molecule has 0 aliphatic carbocycles. The van der Waals surface area contributed by atoms with E-state index in [1.807, 2.05) is 0 Å². The summed E-state index contributed by atoms with van der Waals surface area (Å²) in [6, 6.07) is 4.94. The van der Waals surface area contributed by atoms with Crippen molar-refractivity contribution in [3.8, 4) is 5.69 Å². The first-order valence-corrected chi connectivity index (χ1v) is 7.85. The average molecular weight is 337 g/mol. The Kier molecular flexibility index (Phi) is 4.34. The van der Waals surface area contributed by atoms with Gasteiger partial charge in [0.15, 0.2) is 0 Å². The van der Waals surface area contributed by atoms with Crippen LogP contribution in [0.15, 0.2) is 36.8 Å². The quantitative estimate of drug-likeness (QED) is 0.837. The average Bonchev–Trinajstić information content (AvgIpc) is 3.04. The van der Waals surface area contributed by atoms with Crippen LogP contribution >= 0.6 is 0 Å². The number of nitrogens with zero attached hydrogens (tertiary/aromatic N) is 3. The molecule has 0 radical (unpaired) electrons. The van der Waals surface area contributed by atoms with Crippen molar-refractivity contribution >= 4 is 5.91 Å². The molecule has 2 heterocycles. The van der Waals surface area contributed by atoms with E-state index in [1.165, 1.54) is 23.2 Å². The number of alkyl halides is 3. The summed E-state index contributed by atoms with van der Waals surface area (Å²) in [5.41, 5.74) is -0.155. The molecule has 128 valence electrons. The van der Waals surface area contributed by atoms with Gasteiger partial charge in [-0.3, -0.25) is 4.79 Å². The van der Waals surface area contributed by atoms with Crippen LogP contribution in [0.1, 0.15) is 35.8 Å². The van der Waals surface area contributed by atoms with E-state index in [4.69, 9.17) is 0 Å². The highest BCUT2D eigenvalue weighted by atomic mass is 19.4. The Morgan fingerprint density at radius 3 is 2.62 bits per heavy atom. The van der Waals surface area contributed by atoms with Gasteiger partial charge < -0.3 is 9.47 Å². The van der Waals surface area contributed by atoms with Crippen LogP contribution in [-0.4, -0.2) is 33.4 Å². The summed E-state index contributed by atoms with van der Waals surface area (Å²) in [6.07, 6.45) is 0.366. The predicted molar refractivity (Wildman–Crippen MR) is 82.9 cm³/mol. The number of halogens is 3. The number of likely N-dealkylation sites (tertiary alicyclic amines) is 1. The molecule has 2 aromatic rings. The molecular formula is C17H18F3N3O. The van der Waals surface area contributed by atoms with Crippen LogP contribution in [0.5, 0.6) is 0 Å². The number of imidazole rings is 1. The summed E-state index contributed by atoms with van der Waals surface area (Å²) in [6.45, 7) is 3.54. The zero-order valence-electron chi connectivity index (χ0n) is 13.3. The summed E-state index contributed by atoms with van der Waals surface area (Å²) in [7, 11) is 0. The van der Waals surface area contributed by atoms with Crippen molar-refractivity contribution in [1.29, 1.82) is 0 Å². The first kappa shape index (κ1) is 16.5. The molecule has 1 aromatic carbocycles. The number of hydrogen-bond donors (Lipinski definition) is 0. The molecule has 1 fully saturated rings. The van der Waals surface area contributed by atoms with E-state index in [-0.39, 0.29) is 11.6 Å². The number of carbonyl (C=O) groups excluding carboxylic acids is 1. The number of rotatable bonds is 2. The Hall–Kier alpha value is -2.31. The Morgan fingerprint density at radius 1 is 1.25 bits per heavy atom. The largest absolute Gasteiger partial charge is 0.416 e.